The average Bonchev–Trinajstić information content (AvgIpc) is 3.29. The van der Waals surface area contributed by atoms with Crippen LogP contribution in [0.5, 0.6) is 0 Å². The van der Waals surface area contributed by atoms with E-state index < -0.39 is 58.1 Å². The van der Waals surface area contributed by atoms with E-state index in [-0.39, 0.29) is 19.1 Å². The van der Waals surface area contributed by atoms with Crippen LogP contribution in [0.25, 0.3) is 0 Å². The number of halogens is 3. The van der Waals surface area contributed by atoms with Gasteiger partial charge in [-0.1, -0.05) is 0 Å². The van der Waals surface area contributed by atoms with Crippen LogP contribution in [0.2, 0.25) is 0 Å². The number of carbonyl (C=O) groups is 2. The number of aromatic carboxylic acids is 1. The van der Waals surface area contributed by atoms with E-state index in [9.17, 15) is 23.5 Å². The van der Waals surface area contributed by atoms with E-state index in [0.29, 0.717) is 19.3 Å². The summed E-state index contributed by atoms with van der Waals surface area (Å²) < 4.78 is 49.4. The molecule has 160 valence electrons. The Balaban J connectivity index is 1.84. The fraction of sp³-hybridized carbons (Fsp3) is 0.579. The van der Waals surface area contributed by atoms with Crippen LogP contribution in [0.3, 0.4) is 0 Å². The van der Waals surface area contributed by atoms with Crippen LogP contribution in [0.15, 0.2) is 0 Å². The summed E-state index contributed by atoms with van der Waals surface area (Å²) in [5.74, 6) is -6.06. The summed E-state index contributed by atoms with van der Waals surface area (Å²) >= 11 is 0. The molecule has 1 aromatic rings. The molecule has 7 nitrogen and oxygen atoms in total. The first kappa shape index (κ1) is 21.1. The van der Waals surface area contributed by atoms with Crippen molar-refractivity contribution in [1.29, 1.82) is 0 Å². The highest BCUT2D eigenvalue weighted by atomic mass is 19.2. The van der Waals surface area contributed by atoms with Crippen molar-refractivity contribution in [3.8, 4) is 0 Å². The number of rotatable bonds is 5. The molecule has 0 radical (unpaired) electrons. The van der Waals surface area contributed by atoms with E-state index in [1.54, 1.807) is 20.8 Å². The maximum absolute atomic E-state index is 15.1. The van der Waals surface area contributed by atoms with Crippen LogP contribution < -0.4 is 15.5 Å². The Labute approximate surface area is 166 Å². The van der Waals surface area contributed by atoms with E-state index in [0.717, 1.165) is 0 Å². The molecule has 3 rings (SSSR count). The van der Waals surface area contributed by atoms with Crippen LogP contribution in [0, 0.1) is 17.5 Å². The van der Waals surface area contributed by atoms with E-state index in [1.807, 2.05) is 0 Å². The molecule has 1 saturated carbocycles. The molecule has 1 aliphatic heterocycles. The van der Waals surface area contributed by atoms with Crippen molar-refractivity contribution in [3.63, 3.8) is 0 Å². The predicted molar refractivity (Wildman–Crippen MR) is 99.9 cm³/mol. The van der Waals surface area contributed by atoms with Crippen molar-refractivity contribution in [2.45, 2.75) is 57.7 Å². The first-order valence-electron chi connectivity index (χ1n) is 9.42. The highest BCUT2D eigenvalue weighted by molar-refractivity contribution is 5.96. The molecule has 1 unspecified atom stereocenters. The molecule has 0 bridgehead atoms. The lowest BCUT2D eigenvalue weighted by Crippen LogP contribution is -2.40. The van der Waals surface area contributed by atoms with Crippen molar-refractivity contribution in [1.82, 2.24) is 5.32 Å². The predicted octanol–water partition coefficient (Wildman–Crippen LogP) is 3.48. The highest BCUT2D eigenvalue weighted by Crippen LogP contribution is 2.38. The first-order chi connectivity index (χ1) is 13.5. The van der Waals surface area contributed by atoms with Gasteiger partial charge in [0.15, 0.2) is 17.5 Å². The second kappa shape index (κ2) is 7.64. The van der Waals surface area contributed by atoms with Crippen molar-refractivity contribution >= 4 is 23.4 Å². The number of benzene rings is 1. The van der Waals surface area contributed by atoms with E-state index in [4.69, 9.17) is 4.74 Å². The quantitative estimate of drug-likeness (QED) is 0.638. The largest absolute Gasteiger partial charge is 0.478 e. The van der Waals surface area contributed by atoms with E-state index in [2.05, 4.69) is 10.6 Å². The number of hydrogen-bond acceptors (Lipinski definition) is 5. The fourth-order valence-corrected chi connectivity index (χ4v) is 3.25. The van der Waals surface area contributed by atoms with Crippen molar-refractivity contribution in [2.75, 3.05) is 23.3 Å². The lowest BCUT2D eigenvalue weighted by molar-refractivity contribution is 0.0508. The van der Waals surface area contributed by atoms with E-state index >= 15 is 4.39 Å². The molecule has 2 aliphatic rings. The number of carboxylic acids is 1. The number of nitrogens with zero attached hydrogens (tertiary/aromatic N) is 1. The summed E-state index contributed by atoms with van der Waals surface area (Å²) in [6.07, 6.45) is 1.09. The molecule has 3 N–H and O–H groups in total. The minimum Gasteiger partial charge on any atom is -0.478 e. The Bertz CT molecular complexity index is 837. The summed E-state index contributed by atoms with van der Waals surface area (Å²) in [5, 5.41) is 14.5. The molecule has 1 heterocycles. The normalized spacial score (nSPS) is 19.2. The zero-order valence-corrected chi connectivity index (χ0v) is 16.4. The van der Waals surface area contributed by atoms with Gasteiger partial charge in [-0.3, -0.25) is 0 Å². The van der Waals surface area contributed by atoms with Gasteiger partial charge in [-0.2, -0.15) is 0 Å². The third-order valence-electron chi connectivity index (χ3n) is 4.66. The molecular weight excluding hydrogens is 391 g/mol. The Morgan fingerprint density at radius 3 is 2.28 bits per heavy atom. The maximum atomic E-state index is 15.1. The average molecular weight is 415 g/mol. The van der Waals surface area contributed by atoms with Gasteiger partial charge in [-0.05, 0) is 40.0 Å². The van der Waals surface area contributed by atoms with Gasteiger partial charge in [0.05, 0.1) is 11.7 Å². The number of alkyl carbamates (subject to hydrolysis) is 1. The number of amides is 1. The zero-order chi connectivity index (χ0) is 21.5. The van der Waals surface area contributed by atoms with Gasteiger partial charge in [-0.25, -0.2) is 22.8 Å². The van der Waals surface area contributed by atoms with E-state index in [1.165, 1.54) is 4.90 Å². The molecule has 1 aliphatic carbocycles. The Kier molecular flexibility index (Phi) is 5.55. The summed E-state index contributed by atoms with van der Waals surface area (Å²) in [4.78, 5) is 24.6. The number of ether oxygens (including phenoxy) is 1. The Morgan fingerprint density at radius 2 is 1.72 bits per heavy atom. The Hall–Kier alpha value is -2.65. The number of carbonyl (C=O) groups excluding carboxylic acids is 1. The van der Waals surface area contributed by atoms with Crippen molar-refractivity contribution in [2.24, 2.45) is 0 Å². The summed E-state index contributed by atoms with van der Waals surface area (Å²) in [7, 11) is 0. The van der Waals surface area contributed by atoms with Crippen LogP contribution in [0.4, 0.5) is 29.3 Å². The highest BCUT2D eigenvalue weighted by Gasteiger charge is 2.36. The third-order valence-corrected chi connectivity index (χ3v) is 4.66. The van der Waals surface area contributed by atoms with Crippen LogP contribution in [0.1, 0.15) is 50.4 Å². The molecule has 10 heteroatoms. The number of nitrogens with one attached hydrogen (secondary N) is 2. The first-order valence-corrected chi connectivity index (χ1v) is 9.42. The SMILES string of the molecule is CC(C)(C)OC(=O)NC1CCN(c2c(F)c(F)c(C(=O)O)c(NC3CC3)c2F)C1. The second-order valence-corrected chi connectivity index (χ2v) is 8.34. The maximum Gasteiger partial charge on any atom is 0.407 e. The van der Waals surface area contributed by atoms with Gasteiger partial charge in [0.1, 0.15) is 16.9 Å². The van der Waals surface area contributed by atoms with Gasteiger partial charge in [0, 0.05) is 19.1 Å². The Morgan fingerprint density at radius 1 is 1.07 bits per heavy atom. The van der Waals surface area contributed by atoms with Gasteiger partial charge in [-0.15, -0.1) is 0 Å². The smallest absolute Gasteiger partial charge is 0.407 e. The minimum atomic E-state index is -1.75. The minimum absolute atomic E-state index is 0.0296. The molecule has 1 aromatic carbocycles. The van der Waals surface area contributed by atoms with Crippen LogP contribution >= 0.6 is 0 Å². The number of carboxylic acid groups (broad SMARTS) is 1. The van der Waals surface area contributed by atoms with Gasteiger partial charge in [0.2, 0.25) is 0 Å². The molecule has 0 aromatic heterocycles. The lowest BCUT2D eigenvalue weighted by Gasteiger charge is -2.24. The van der Waals surface area contributed by atoms with Crippen molar-refractivity contribution < 1.29 is 32.6 Å². The topological polar surface area (TPSA) is 90.9 Å². The molecule has 2 fully saturated rings. The summed E-state index contributed by atoms with van der Waals surface area (Å²) in [5.41, 5.74) is -2.92. The molecule has 29 heavy (non-hydrogen) atoms. The third kappa shape index (κ3) is 4.68. The van der Waals surface area contributed by atoms with Gasteiger partial charge < -0.3 is 25.4 Å². The molecular formula is C19H24F3N3O4. The molecule has 0 spiro atoms. The lowest BCUT2D eigenvalue weighted by atomic mass is 10.1. The second-order valence-electron chi connectivity index (χ2n) is 8.34. The standard InChI is InChI=1S/C19H24F3N3O4/c1-19(2,3)29-18(28)24-10-6-7-25(8-10)16-13(21)12(20)11(17(26)27)15(14(16)22)23-9-4-5-9/h9-10,23H,4-8H2,1-3H3,(H,24,28)(H,26,27). The zero-order valence-electron chi connectivity index (χ0n) is 16.4. The number of anilines is 2. The summed E-state index contributed by atoms with van der Waals surface area (Å²) in [6, 6.07) is -0.619. The monoisotopic (exact) mass is 415 g/mol. The van der Waals surface area contributed by atoms with Crippen LogP contribution in [-0.2, 0) is 4.74 Å². The molecule has 1 atom stereocenters. The molecule has 1 amide bonds. The number of hydrogen-bond donors (Lipinski definition) is 3. The summed E-state index contributed by atoms with van der Waals surface area (Å²) in [6.45, 7) is 5.31. The fourth-order valence-electron chi connectivity index (χ4n) is 3.25. The molecule has 1 saturated heterocycles. The van der Waals surface area contributed by atoms with Gasteiger partial charge >= 0.3 is 12.1 Å². The van der Waals surface area contributed by atoms with Crippen molar-refractivity contribution in [3.05, 3.63) is 23.0 Å². The van der Waals surface area contributed by atoms with Gasteiger partial charge in [0.25, 0.3) is 0 Å². The van der Waals surface area contributed by atoms with Crippen LogP contribution in [-0.4, -0.2) is 47.9 Å².